The quantitative estimate of drug-likeness (QED) is 0.184. The summed E-state index contributed by atoms with van der Waals surface area (Å²) in [5.41, 5.74) is 10.3. The first-order valence-electron chi connectivity index (χ1n) is 16.1. The Balaban J connectivity index is 1.30. The van der Waals surface area contributed by atoms with Crippen LogP contribution < -0.4 is 0 Å². The number of nitrogens with zero attached hydrogens (tertiary/aromatic N) is 4. The molecule has 0 radical (unpaired) electrons. The molecule has 10 rings (SSSR count). The average Bonchev–Trinajstić information content (AvgIpc) is 3.80. The van der Waals surface area contributed by atoms with Gasteiger partial charge in [0.1, 0.15) is 17.2 Å². The lowest BCUT2D eigenvalue weighted by Crippen LogP contribution is -2.01. The predicted octanol–water partition coefficient (Wildman–Crippen LogP) is 11.9. The van der Waals surface area contributed by atoms with Gasteiger partial charge in [-0.05, 0) is 54.1 Å². The molecule has 49 heavy (non-hydrogen) atoms. The Bertz CT molecular complexity index is 3030. The van der Waals surface area contributed by atoms with Crippen LogP contribution in [0, 0.1) is 17.9 Å². The van der Waals surface area contributed by atoms with E-state index in [1.807, 2.05) is 66.7 Å². The van der Waals surface area contributed by atoms with E-state index in [0.29, 0.717) is 11.3 Å². The third-order valence-corrected chi connectivity index (χ3v) is 9.78. The van der Waals surface area contributed by atoms with Gasteiger partial charge in [0.25, 0.3) is 0 Å². The van der Waals surface area contributed by atoms with Crippen molar-refractivity contribution in [2.45, 2.75) is 0 Å². The molecule has 5 nitrogen and oxygen atoms in total. The van der Waals surface area contributed by atoms with Crippen LogP contribution in [0.4, 0.5) is 5.69 Å². The number of nitriles is 1. The Morgan fingerprint density at radius 2 is 1.16 bits per heavy atom. The van der Waals surface area contributed by atoms with Gasteiger partial charge in [0.2, 0.25) is 5.69 Å². The number of hydrogen-bond acceptors (Lipinski definition) is 2. The summed E-state index contributed by atoms with van der Waals surface area (Å²) in [6, 6.07) is 51.8. The van der Waals surface area contributed by atoms with Crippen LogP contribution in [0.3, 0.4) is 0 Å². The summed E-state index contributed by atoms with van der Waals surface area (Å²) in [4.78, 5) is 3.97. The molecular formula is C44H24N4O. The van der Waals surface area contributed by atoms with Crippen LogP contribution in [-0.4, -0.2) is 9.13 Å². The highest BCUT2D eigenvalue weighted by atomic mass is 16.3. The molecule has 0 fully saturated rings. The van der Waals surface area contributed by atoms with Gasteiger partial charge < -0.3 is 13.6 Å². The van der Waals surface area contributed by atoms with Crippen LogP contribution >= 0.6 is 0 Å². The molecule has 0 aliphatic carbocycles. The molecule has 7 aromatic carbocycles. The number of furan rings is 1. The van der Waals surface area contributed by atoms with Gasteiger partial charge in [0.15, 0.2) is 0 Å². The summed E-state index contributed by atoms with van der Waals surface area (Å²) in [7, 11) is 0. The van der Waals surface area contributed by atoms with E-state index in [9.17, 15) is 5.26 Å². The molecule has 0 aliphatic rings. The van der Waals surface area contributed by atoms with Crippen molar-refractivity contribution in [3.8, 4) is 28.6 Å². The monoisotopic (exact) mass is 624 g/mol. The molecule has 5 heteroatoms. The van der Waals surface area contributed by atoms with Gasteiger partial charge >= 0.3 is 0 Å². The number of aromatic nitrogens is 2. The molecular weight excluding hydrogens is 601 g/mol. The zero-order valence-corrected chi connectivity index (χ0v) is 26.1. The Morgan fingerprint density at radius 3 is 1.86 bits per heavy atom. The predicted molar refractivity (Wildman–Crippen MR) is 199 cm³/mol. The van der Waals surface area contributed by atoms with E-state index >= 15 is 0 Å². The third kappa shape index (κ3) is 3.79. The van der Waals surface area contributed by atoms with Crippen molar-refractivity contribution in [2.75, 3.05) is 0 Å². The summed E-state index contributed by atoms with van der Waals surface area (Å²) < 4.78 is 10.7. The second-order valence-electron chi connectivity index (χ2n) is 12.3. The summed E-state index contributed by atoms with van der Waals surface area (Å²) in [6.45, 7) is 8.15. The third-order valence-electron chi connectivity index (χ3n) is 9.78. The summed E-state index contributed by atoms with van der Waals surface area (Å²) in [5, 5.41) is 17.1. The van der Waals surface area contributed by atoms with Crippen LogP contribution in [0.25, 0.3) is 92.9 Å². The molecule has 0 saturated carbocycles. The Kier molecular flexibility index (Phi) is 5.64. The van der Waals surface area contributed by atoms with Crippen LogP contribution in [0.1, 0.15) is 5.56 Å². The molecule has 10 aromatic rings. The number of para-hydroxylation sites is 5. The van der Waals surface area contributed by atoms with Gasteiger partial charge in [-0.15, -0.1) is 0 Å². The number of benzene rings is 7. The van der Waals surface area contributed by atoms with Crippen LogP contribution in [0.2, 0.25) is 0 Å². The van der Waals surface area contributed by atoms with E-state index in [2.05, 4.69) is 98.9 Å². The maximum absolute atomic E-state index is 10.6. The lowest BCUT2D eigenvalue weighted by Gasteiger charge is -2.18. The highest BCUT2D eigenvalue weighted by molar-refractivity contribution is 6.17. The molecule has 0 amide bonds. The summed E-state index contributed by atoms with van der Waals surface area (Å²) >= 11 is 0. The van der Waals surface area contributed by atoms with E-state index < -0.39 is 0 Å². The molecule has 0 atom stereocenters. The first kappa shape index (κ1) is 27.1. The fourth-order valence-electron chi connectivity index (χ4n) is 7.68. The van der Waals surface area contributed by atoms with Crippen molar-refractivity contribution in [1.82, 2.24) is 9.13 Å². The molecule has 0 N–H and O–H groups in total. The minimum atomic E-state index is 0.555. The van der Waals surface area contributed by atoms with Crippen LogP contribution in [0.15, 0.2) is 150 Å². The Morgan fingerprint density at radius 1 is 0.531 bits per heavy atom. The fraction of sp³-hybridized carbons (Fsp3) is 0. The zero-order chi connectivity index (χ0) is 32.6. The van der Waals surface area contributed by atoms with Gasteiger partial charge in [-0.3, -0.25) is 0 Å². The van der Waals surface area contributed by atoms with Gasteiger partial charge in [-0.2, -0.15) is 5.26 Å². The van der Waals surface area contributed by atoms with Gasteiger partial charge in [0.05, 0.1) is 45.6 Å². The molecule has 0 unspecified atom stereocenters. The van der Waals surface area contributed by atoms with Crippen molar-refractivity contribution in [1.29, 1.82) is 5.26 Å². The molecule has 0 saturated heterocycles. The standard InChI is InChI=1S/C44H24N4O/c1-46-36-22-21-27(23-41(36)47-37-17-6-2-12-30(37)31-13-3-7-18-38(31)47)29-16-10-11-28(26-45)44(29)48-39-19-8-4-14-32(39)34-25-43-35(24-40(34)48)33-15-5-9-20-42(33)49-43/h2-25H. The highest BCUT2D eigenvalue weighted by Crippen LogP contribution is 2.43. The highest BCUT2D eigenvalue weighted by Gasteiger charge is 2.22. The topological polar surface area (TPSA) is 51.1 Å². The Labute approximate surface area is 280 Å². The van der Waals surface area contributed by atoms with Gasteiger partial charge in [-0.25, -0.2) is 4.85 Å². The fourth-order valence-corrected chi connectivity index (χ4v) is 7.68. The van der Waals surface area contributed by atoms with E-state index in [4.69, 9.17) is 11.0 Å². The normalized spacial score (nSPS) is 11.6. The maximum atomic E-state index is 10.6. The largest absolute Gasteiger partial charge is 0.456 e. The van der Waals surface area contributed by atoms with E-state index in [1.165, 1.54) is 0 Å². The second kappa shape index (κ2) is 10.2. The van der Waals surface area contributed by atoms with Crippen molar-refractivity contribution in [2.24, 2.45) is 0 Å². The zero-order valence-electron chi connectivity index (χ0n) is 26.1. The maximum Gasteiger partial charge on any atom is 0.210 e. The lowest BCUT2D eigenvalue weighted by molar-refractivity contribution is 0.669. The van der Waals surface area contributed by atoms with Gasteiger partial charge in [0, 0.05) is 37.9 Å². The summed E-state index contributed by atoms with van der Waals surface area (Å²) in [5.74, 6) is 0. The van der Waals surface area contributed by atoms with Gasteiger partial charge in [-0.1, -0.05) is 97.1 Å². The molecule has 0 spiro atoms. The minimum Gasteiger partial charge on any atom is -0.456 e. The van der Waals surface area contributed by atoms with E-state index in [0.717, 1.165) is 88.1 Å². The molecule has 3 heterocycles. The van der Waals surface area contributed by atoms with Crippen LogP contribution in [0.5, 0.6) is 0 Å². The van der Waals surface area contributed by atoms with Crippen molar-refractivity contribution in [3.05, 3.63) is 163 Å². The molecule has 226 valence electrons. The average molecular weight is 625 g/mol. The SMILES string of the molecule is [C-]#[N+]c1ccc(-c2cccc(C#N)c2-n2c3ccccc3c3cc4oc5ccccc5c4cc32)cc1-n1c2ccccc2c2ccccc21. The second-order valence-corrected chi connectivity index (χ2v) is 12.3. The minimum absolute atomic E-state index is 0.555. The number of fused-ring (bicyclic) bond motifs is 9. The first-order chi connectivity index (χ1) is 24.2. The molecule has 0 aliphatic heterocycles. The first-order valence-corrected chi connectivity index (χ1v) is 16.1. The van der Waals surface area contributed by atoms with E-state index in [-0.39, 0.29) is 0 Å². The molecule has 3 aromatic heterocycles. The van der Waals surface area contributed by atoms with Crippen molar-refractivity contribution >= 4 is 71.2 Å². The smallest absolute Gasteiger partial charge is 0.210 e. The van der Waals surface area contributed by atoms with E-state index in [1.54, 1.807) is 0 Å². The number of hydrogen-bond donors (Lipinski definition) is 0. The number of rotatable bonds is 3. The lowest BCUT2D eigenvalue weighted by atomic mass is 9.98. The Hall–Kier alpha value is -7.08. The van der Waals surface area contributed by atoms with Crippen molar-refractivity contribution in [3.63, 3.8) is 0 Å². The molecule has 0 bridgehead atoms. The summed E-state index contributed by atoms with van der Waals surface area (Å²) in [6.07, 6.45) is 0. The van der Waals surface area contributed by atoms with Crippen molar-refractivity contribution < 1.29 is 4.42 Å². The van der Waals surface area contributed by atoms with Crippen LogP contribution in [-0.2, 0) is 0 Å².